The van der Waals surface area contributed by atoms with Crippen molar-refractivity contribution in [3.63, 3.8) is 0 Å². The maximum Gasteiger partial charge on any atom is 0.328 e. The molecule has 1 atom stereocenters. The van der Waals surface area contributed by atoms with Crippen molar-refractivity contribution in [1.29, 1.82) is 0 Å². The molecule has 1 aliphatic heterocycles. The van der Waals surface area contributed by atoms with Crippen LogP contribution in [0.15, 0.2) is 24.5 Å². The summed E-state index contributed by atoms with van der Waals surface area (Å²) >= 11 is 0. The molecular weight excluding hydrogens is 272 g/mol. The molecule has 3 rings (SSSR count). The summed E-state index contributed by atoms with van der Waals surface area (Å²) in [4.78, 5) is 29.6. The van der Waals surface area contributed by atoms with Gasteiger partial charge in [-0.05, 0) is 37.8 Å². The fraction of sp³-hybridized carbons (Fsp3) is 0.533. The van der Waals surface area contributed by atoms with Gasteiger partial charge in [0.25, 0.3) is 5.91 Å². The summed E-state index contributed by atoms with van der Waals surface area (Å²) in [5.74, 6) is -1.30. The van der Waals surface area contributed by atoms with Gasteiger partial charge >= 0.3 is 5.97 Å². The van der Waals surface area contributed by atoms with E-state index in [0.29, 0.717) is 18.4 Å². The predicted molar refractivity (Wildman–Crippen MR) is 73.6 cm³/mol. The Hall–Kier alpha value is -1.95. The van der Waals surface area contributed by atoms with E-state index in [1.54, 1.807) is 12.1 Å². The zero-order chi connectivity index (χ0) is 14.9. The molecule has 21 heavy (non-hydrogen) atoms. The van der Waals surface area contributed by atoms with Crippen LogP contribution in [0, 0.1) is 0 Å². The summed E-state index contributed by atoms with van der Waals surface area (Å²) < 4.78 is 5.82. The Kier molecular flexibility index (Phi) is 3.63. The third kappa shape index (κ3) is 2.40. The van der Waals surface area contributed by atoms with Crippen molar-refractivity contribution < 1.29 is 19.4 Å². The number of aromatic nitrogens is 1. The Bertz CT molecular complexity index is 540. The molecule has 1 N–H and O–H groups in total. The molecule has 2 aliphatic rings. The number of carboxylic acids is 1. The molecule has 1 saturated carbocycles. The first kappa shape index (κ1) is 14.0. The number of carbonyl (C=O) groups is 2. The molecule has 0 unspecified atom stereocenters. The Morgan fingerprint density at radius 2 is 1.90 bits per heavy atom. The minimum Gasteiger partial charge on any atom is -0.480 e. The Balaban J connectivity index is 1.96. The monoisotopic (exact) mass is 290 g/mol. The highest BCUT2D eigenvalue weighted by atomic mass is 16.5. The van der Waals surface area contributed by atoms with Crippen LogP contribution in [0.1, 0.15) is 42.5 Å². The lowest BCUT2D eigenvalue weighted by molar-refractivity contribution is -0.143. The maximum absolute atomic E-state index is 12.8. The fourth-order valence-electron chi connectivity index (χ4n) is 3.29. The smallest absolute Gasteiger partial charge is 0.328 e. The lowest BCUT2D eigenvalue weighted by atomic mass is 9.89. The van der Waals surface area contributed by atoms with Gasteiger partial charge in [-0.25, -0.2) is 4.79 Å². The van der Waals surface area contributed by atoms with Gasteiger partial charge in [0.05, 0.1) is 6.61 Å². The van der Waals surface area contributed by atoms with Crippen LogP contribution in [-0.2, 0) is 9.53 Å². The van der Waals surface area contributed by atoms with E-state index in [0.717, 1.165) is 19.3 Å². The van der Waals surface area contributed by atoms with Gasteiger partial charge in [-0.15, -0.1) is 0 Å². The molecule has 1 saturated heterocycles. The number of hydrogen-bond donors (Lipinski definition) is 1. The summed E-state index contributed by atoms with van der Waals surface area (Å²) in [5, 5.41) is 9.41. The van der Waals surface area contributed by atoms with Gasteiger partial charge in [0.2, 0.25) is 0 Å². The van der Waals surface area contributed by atoms with Crippen LogP contribution < -0.4 is 0 Å². The summed E-state index contributed by atoms with van der Waals surface area (Å²) in [6, 6.07) is 2.30. The van der Waals surface area contributed by atoms with Crippen molar-refractivity contribution in [2.24, 2.45) is 0 Å². The SMILES string of the molecule is O=C(O)[C@@H]1COC2(CCCCC2)N1C(=O)c1ccncc1. The number of nitrogens with zero attached hydrogens (tertiary/aromatic N) is 2. The van der Waals surface area contributed by atoms with E-state index in [4.69, 9.17) is 4.74 Å². The van der Waals surface area contributed by atoms with Crippen LogP contribution in [0.2, 0.25) is 0 Å². The second kappa shape index (κ2) is 5.44. The average Bonchev–Trinajstić information content (AvgIpc) is 2.87. The maximum atomic E-state index is 12.8. The summed E-state index contributed by atoms with van der Waals surface area (Å²) in [6.45, 7) is 0.0617. The average molecular weight is 290 g/mol. The summed E-state index contributed by atoms with van der Waals surface area (Å²) in [5.41, 5.74) is -0.298. The van der Waals surface area contributed by atoms with Gasteiger partial charge < -0.3 is 9.84 Å². The van der Waals surface area contributed by atoms with Crippen molar-refractivity contribution >= 4 is 11.9 Å². The summed E-state index contributed by atoms with van der Waals surface area (Å²) in [7, 11) is 0. The Labute approximate surface area is 122 Å². The number of rotatable bonds is 2. The standard InChI is InChI=1S/C15H18N2O4/c18-13(11-4-8-16-9-5-11)17-12(14(19)20)10-21-15(17)6-2-1-3-7-15/h4-5,8-9,12H,1-3,6-7,10H2,(H,19,20)/t12-/m0/s1. The second-order valence-electron chi connectivity index (χ2n) is 5.58. The van der Waals surface area contributed by atoms with E-state index in [-0.39, 0.29) is 12.5 Å². The molecule has 6 nitrogen and oxygen atoms in total. The summed E-state index contributed by atoms with van der Waals surface area (Å²) in [6.07, 6.45) is 7.47. The van der Waals surface area contributed by atoms with Gasteiger partial charge in [-0.3, -0.25) is 14.7 Å². The van der Waals surface area contributed by atoms with Gasteiger partial charge in [0.15, 0.2) is 6.04 Å². The van der Waals surface area contributed by atoms with Crippen molar-refractivity contribution in [3.8, 4) is 0 Å². The molecule has 0 aromatic carbocycles. The van der Waals surface area contributed by atoms with E-state index < -0.39 is 17.7 Å². The molecule has 1 aliphatic carbocycles. The molecule has 2 heterocycles. The van der Waals surface area contributed by atoms with Crippen molar-refractivity contribution in [2.75, 3.05) is 6.61 Å². The molecule has 6 heteroatoms. The first-order valence-corrected chi connectivity index (χ1v) is 7.24. The van der Waals surface area contributed by atoms with Gasteiger partial charge in [0.1, 0.15) is 5.72 Å². The number of carboxylic acid groups (broad SMARTS) is 1. The molecule has 2 fully saturated rings. The van der Waals surface area contributed by atoms with Crippen molar-refractivity contribution in [1.82, 2.24) is 9.88 Å². The zero-order valence-electron chi connectivity index (χ0n) is 11.7. The minimum atomic E-state index is -1.01. The predicted octanol–water partition coefficient (Wildman–Crippen LogP) is 1.67. The number of aliphatic carboxylic acids is 1. The van der Waals surface area contributed by atoms with Crippen LogP contribution in [0.4, 0.5) is 0 Å². The molecular formula is C15H18N2O4. The van der Waals surface area contributed by atoms with Crippen LogP contribution >= 0.6 is 0 Å². The molecule has 1 amide bonds. The van der Waals surface area contributed by atoms with Crippen molar-refractivity contribution in [2.45, 2.75) is 43.9 Å². The van der Waals surface area contributed by atoms with E-state index in [1.165, 1.54) is 17.3 Å². The number of carbonyl (C=O) groups excluding carboxylic acids is 1. The normalized spacial score (nSPS) is 24.2. The Morgan fingerprint density at radius 3 is 2.52 bits per heavy atom. The second-order valence-corrected chi connectivity index (χ2v) is 5.58. The van der Waals surface area contributed by atoms with Crippen LogP contribution in [0.3, 0.4) is 0 Å². The largest absolute Gasteiger partial charge is 0.480 e. The molecule has 112 valence electrons. The number of ether oxygens (including phenoxy) is 1. The topological polar surface area (TPSA) is 79.7 Å². The van der Waals surface area contributed by atoms with Crippen LogP contribution in [0.25, 0.3) is 0 Å². The zero-order valence-corrected chi connectivity index (χ0v) is 11.7. The first-order valence-electron chi connectivity index (χ1n) is 7.24. The molecule has 0 bridgehead atoms. The fourth-order valence-corrected chi connectivity index (χ4v) is 3.29. The lowest BCUT2D eigenvalue weighted by Crippen LogP contribution is -2.54. The Morgan fingerprint density at radius 1 is 1.24 bits per heavy atom. The minimum absolute atomic E-state index is 0.0617. The van der Waals surface area contributed by atoms with E-state index in [9.17, 15) is 14.7 Å². The molecule has 1 aromatic rings. The van der Waals surface area contributed by atoms with E-state index >= 15 is 0 Å². The number of pyridine rings is 1. The number of hydrogen-bond acceptors (Lipinski definition) is 4. The van der Waals surface area contributed by atoms with Gasteiger partial charge in [-0.2, -0.15) is 0 Å². The highest BCUT2D eigenvalue weighted by molar-refractivity contribution is 5.97. The van der Waals surface area contributed by atoms with E-state index in [2.05, 4.69) is 4.98 Å². The van der Waals surface area contributed by atoms with Gasteiger partial charge in [0, 0.05) is 18.0 Å². The van der Waals surface area contributed by atoms with Crippen LogP contribution in [-0.4, -0.2) is 45.2 Å². The molecule has 1 aromatic heterocycles. The third-order valence-electron chi connectivity index (χ3n) is 4.33. The van der Waals surface area contributed by atoms with Gasteiger partial charge in [-0.1, -0.05) is 6.42 Å². The highest BCUT2D eigenvalue weighted by Gasteiger charge is 2.53. The molecule has 1 spiro atoms. The van der Waals surface area contributed by atoms with Crippen molar-refractivity contribution in [3.05, 3.63) is 30.1 Å². The van der Waals surface area contributed by atoms with E-state index in [1.807, 2.05) is 0 Å². The third-order valence-corrected chi connectivity index (χ3v) is 4.33. The first-order chi connectivity index (χ1) is 10.1. The van der Waals surface area contributed by atoms with Crippen LogP contribution in [0.5, 0.6) is 0 Å². The molecule has 0 radical (unpaired) electrons. The lowest BCUT2D eigenvalue weighted by Gasteiger charge is -2.41. The number of amides is 1. The quantitative estimate of drug-likeness (QED) is 0.896. The highest BCUT2D eigenvalue weighted by Crippen LogP contribution is 2.41.